The third kappa shape index (κ3) is 4.46. The Kier molecular flexibility index (Phi) is 4.64. The van der Waals surface area contributed by atoms with Crippen LogP contribution in [0.25, 0.3) is 0 Å². The first kappa shape index (κ1) is 13.7. The summed E-state index contributed by atoms with van der Waals surface area (Å²) in [4.78, 5) is 12.1. The van der Waals surface area contributed by atoms with E-state index in [0.717, 1.165) is 0 Å². The van der Waals surface area contributed by atoms with Gasteiger partial charge in [-0.25, -0.2) is 0 Å². The molecule has 0 bridgehead atoms. The number of ether oxygens (including phenoxy) is 1. The number of nitrogens with one attached hydrogen (secondary N) is 1. The van der Waals surface area contributed by atoms with Gasteiger partial charge < -0.3 is 15.8 Å². The Morgan fingerprint density at radius 3 is 2.95 bits per heavy atom. The Labute approximate surface area is 116 Å². The van der Waals surface area contributed by atoms with Crippen molar-refractivity contribution in [1.29, 1.82) is 0 Å². The van der Waals surface area contributed by atoms with E-state index in [1.165, 1.54) is 5.56 Å². The molecule has 6 nitrogen and oxygen atoms in total. The quantitative estimate of drug-likeness (QED) is 0.839. The molecule has 0 saturated heterocycles. The summed E-state index contributed by atoms with van der Waals surface area (Å²) in [5.41, 5.74) is 6.76. The van der Waals surface area contributed by atoms with Crippen LogP contribution in [-0.2, 0) is 11.3 Å². The van der Waals surface area contributed by atoms with Crippen molar-refractivity contribution in [2.45, 2.75) is 26.5 Å². The van der Waals surface area contributed by atoms with Gasteiger partial charge in [0.1, 0.15) is 5.82 Å². The largest absolute Gasteiger partial charge is 0.375 e. The van der Waals surface area contributed by atoms with Gasteiger partial charge >= 0.3 is 0 Å². The fourth-order valence-corrected chi connectivity index (χ4v) is 2.21. The number of aromatic nitrogens is 3. The standard InChI is InChI=1S/C12H17N5OS/c1-8(5-18-6-10-3-4-19-7-10)14-12-16-9(2)15-11(13)17-12/h3-4,7-8H,5-6H2,1-2H3,(H3,13,14,15,16,17). The highest BCUT2D eigenvalue weighted by atomic mass is 32.1. The monoisotopic (exact) mass is 279 g/mol. The molecule has 0 amide bonds. The summed E-state index contributed by atoms with van der Waals surface area (Å²) in [6.45, 7) is 4.97. The molecule has 0 aliphatic heterocycles. The van der Waals surface area contributed by atoms with Crippen molar-refractivity contribution in [2.75, 3.05) is 17.7 Å². The lowest BCUT2D eigenvalue weighted by Crippen LogP contribution is -2.23. The summed E-state index contributed by atoms with van der Waals surface area (Å²) in [6, 6.07) is 2.15. The van der Waals surface area contributed by atoms with E-state index >= 15 is 0 Å². The molecule has 0 fully saturated rings. The van der Waals surface area contributed by atoms with E-state index < -0.39 is 0 Å². The number of hydrogen-bond donors (Lipinski definition) is 2. The molecule has 0 aliphatic carbocycles. The summed E-state index contributed by atoms with van der Waals surface area (Å²) in [6.07, 6.45) is 0. The van der Waals surface area contributed by atoms with Gasteiger partial charge in [0.05, 0.1) is 13.2 Å². The van der Waals surface area contributed by atoms with Gasteiger partial charge in [-0.3, -0.25) is 0 Å². The highest BCUT2D eigenvalue weighted by Crippen LogP contribution is 2.08. The van der Waals surface area contributed by atoms with E-state index in [4.69, 9.17) is 10.5 Å². The number of nitrogen functional groups attached to an aromatic ring is 1. The van der Waals surface area contributed by atoms with E-state index in [1.807, 2.05) is 12.3 Å². The minimum absolute atomic E-state index is 0.0971. The topological polar surface area (TPSA) is 86.0 Å². The van der Waals surface area contributed by atoms with Gasteiger partial charge in [-0.15, -0.1) is 0 Å². The maximum absolute atomic E-state index is 5.61. The highest BCUT2D eigenvalue weighted by molar-refractivity contribution is 7.07. The Morgan fingerprint density at radius 2 is 2.26 bits per heavy atom. The van der Waals surface area contributed by atoms with Gasteiger partial charge in [0.25, 0.3) is 0 Å². The third-order valence-electron chi connectivity index (χ3n) is 2.36. The first-order valence-electron chi connectivity index (χ1n) is 5.97. The molecule has 0 aliphatic rings. The van der Waals surface area contributed by atoms with E-state index in [2.05, 4.69) is 31.7 Å². The molecule has 102 valence electrons. The van der Waals surface area contributed by atoms with Crippen LogP contribution in [0.2, 0.25) is 0 Å². The number of thiophene rings is 1. The average molecular weight is 279 g/mol. The smallest absolute Gasteiger partial charge is 0.228 e. The van der Waals surface area contributed by atoms with Crippen LogP contribution in [0.15, 0.2) is 16.8 Å². The molecule has 2 heterocycles. The number of nitrogens with two attached hydrogens (primary N) is 1. The van der Waals surface area contributed by atoms with Gasteiger partial charge in [0.15, 0.2) is 0 Å². The zero-order valence-corrected chi connectivity index (χ0v) is 11.8. The van der Waals surface area contributed by atoms with E-state index in [1.54, 1.807) is 18.3 Å². The minimum Gasteiger partial charge on any atom is -0.375 e. The molecule has 1 unspecified atom stereocenters. The predicted molar refractivity (Wildman–Crippen MR) is 76.0 cm³/mol. The Morgan fingerprint density at radius 1 is 1.42 bits per heavy atom. The number of anilines is 2. The van der Waals surface area contributed by atoms with Crippen molar-refractivity contribution in [1.82, 2.24) is 15.0 Å². The lowest BCUT2D eigenvalue weighted by Gasteiger charge is -2.14. The second-order valence-corrected chi connectivity index (χ2v) is 5.04. The molecule has 0 saturated carbocycles. The first-order valence-corrected chi connectivity index (χ1v) is 6.91. The van der Waals surface area contributed by atoms with Crippen LogP contribution >= 0.6 is 11.3 Å². The van der Waals surface area contributed by atoms with Gasteiger partial charge in [0.2, 0.25) is 11.9 Å². The van der Waals surface area contributed by atoms with Crippen molar-refractivity contribution in [3.8, 4) is 0 Å². The van der Waals surface area contributed by atoms with Crippen LogP contribution in [0, 0.1) is 6.92 Å². The molecule has 19 heavy (non-hydrogen) atoms. The van der Waals surface area contributed by atoms with Gasteiger partial charge in [-0.05, 0) is 36.2 Å². The Bertz CT molecular complexity index is 497. The molecule has 1 atom stereocenters. The molecule has 2 aromatic rings. The van der Waals surface area contributed by atoms with Crippen molar-refractivity contribution < 1.29 is 4.74 Å². The van der Waals surface area contributed by atoms with Crippen molar-refractivity contribution in [2.24, 2.45) is 0 Å². The number of aryl methyl sites for hydroxylation is 1. The molecule has 0 aromatic carbocycles. The normalized spacial score (nSPS) is 12.3. The predicted octanol–water partition coefficient (Wildman–Crippen LogP) is 1.84. The second-order valence-electron chi connectivity index (χ2n) is 4.26. The molecule has 7 heteroatoms. The van der Waals surface area contributed by atoms with Crippen LogP contribution in [0.4, 0.5) is 11.9 Å². The SMILES string of the molecule is Cc1nc(N)nc(NC(C)COCc2ccsc2)n1. The van der Waals surface area contributed by atoms with Crippen molar-refractivity contribution >= 4 is 23.2 Å². The maximum Gasteiger partial charge on any atom is 0.228 e. The van der Waals surface area contributed by atoms with Crippen molar-refractivity contribution in [3.05, 3.63) is 28.2 Å². The summed E-state index contributed by atoms with van der Waals surface area (Å²) in [7, 11) is 0. The van der Waals surface area contributed by atoms with E-state index in [9.17, 15) is 0 Å². The van der Waals surface area contributed by atoms with Crippen LogP contribution in [0.3, 0.4) is 0 Å². The number of hydrogen-bond acceptors (Lipinski definition) is 7. The maximum atomic E-state index is 5.61. The molecular weight excluding hydrogens is 262 g/mol. The Hall–Kier alpha value is -1.73. The first-order chi connectivity index (χ1) is 9.13. The molecule has 3 N–H and O–H groups in total. The van der Waals surface area contributed by atoms with E-state index in [-0.39, 0.29) is 12.0 Å². The molecule has 2 aromatic heterocycles. The number of rotatable bonds is 6. The summed E-state index contributed by atoms with van der Waals surface area (Å²) in [5.74, 6) is 1.31. The summed E-state index contributed by atoms with van der Waals surface area (Å²) < 4.78 is 5.61. The van der Waals surface area contributed by atoms with Crippen molar-refractivity contribution in [3.63, 3.8) is 0 Å². The number of nitrogens with zero attached hydrogens (tertiary/aromatic N) is 3. The lowest BCUT2D eigenvalue weighted by atomic mass is 10.3. The molecular formula is C12H17N5OS. The summed E-state index contributed by atoms with van der Waals surface area (Å²) >= 11 is 1.67. The second kappa shape index (κ2) is 6.44. The van der Waals surface area contributed by atoms with Gasteiger partial charge in [-0.2, -0.15) is 26.3 Å². The highest BCUT2D eigenvalue weighted by Gasteiger charge is 2.06. The molecule has 2 rings (SSSR count). The van der Waals surface area contributed by atoms with E-state index in [0.29, 0.717) is 25.0 Å². The van der Waals surface area contributed by atoms with Crippen LogP contribution in [-0.4, -0.2) is 27.6 Å². The van der Waals surface area contributed by atoms with Gasteiger partial charge in [-0.1, -0.05) is 0 Å². The fraction of sp³-hybridized carbons (Fsp3) is 0.417. The third-order valence-corrected chi connectivity index (χ3v) is 3.09. The summed E-state index contributed by atoms with van der Waals surface area (Å²) in [5, 5.41) is 7.25. The minimum atomic E-state index is 0.0971. The lowest BCUT2D eigenvalue weighted by molar-refractivity contribution is 0.115. The molecule has 0 radical (unpaired) electrons. The van der Waals surface area contributed by atoms with Gasteiger partial charge in [0, 0.05) is 6.04 Å². The fourth-order valence-electron chi connectivity index (χ4n) is 1.56. The Balaban J connectivity index is 1.78. The van der Waals surface area contributed by atoms with Crippen LogP contribution in [0.5, 0.6) is 0 Å². The van der Waals surface area contributed by atoms with Crippen LogP contribution < -0.4 is 11.1 Å². The average Bonchev–Trinajstić information content (AvgIpc) is 2.80. The zero-order valence-electron chi connectivity index (χ0n) is 11.0. The molecule has 0 spiro atoms. The van der Waals surface area contributed by atoms with Crippen LogP contribution in [0.1, 0.15) is 18.3 Å². The zero-order chi connectivity index (χ0) is 13.7.